The van der Waals surface area contributed by atoms with Gasteiger partial charge in [-0.25, -0.2) is 0 Å². The van der Waals surface area contributed by atoms with Crippen molar-refractivity contribution in [3.8, 4) is 22.6 Å². The maximum atomic E-state index is 9.87. The third-order valence-corrected chi connectivity index (χ3v) is 2.86. The second kappa shape index (κ2) is 3.89. The van der Waals surface area contributed by atoms with Crippen molar-refractivity contribution in [1.29, 1.82) is 0 Å². The number of phenols is 2. The average molecular weight is 214 g/mol. The molecule has 2 N–H and O–H groups in total. The van der Waals surface area contributed by atoms with E-state index >= 15 is 0 Å². The first-order valence-corrected chi connectivity index (χ1v) is 5.19. The Morgan fingerprint density at radius 2 is 1.50 bits per heavy atom. The highest BCUT2D eigenvalue weighted by molar-refractivity contribution is 5.73. The van der Waals surface area contributed by atoms with Crippen molar-refractivity contribution in [3.63, 3.8) is 0 Å². The summed E-state index contributed by atoms with van der Waals surface area (Å²) in [5.41, 5.74) is 3.17. The first-order chi connectivity index (χ1) is 7.61. The molecule has 16 heavy (non-hydrogen) atoms. The van der Waals surface area contributed by atoms with Crippen molar-refractivity contribution in [2.24, 2.45) is 0 Å². The highest BCUT2D eigenvalue weighted by Crippen LogP contribution is 2.37. The number of aromatic hydroxyl groups is 2. The highest BCUT2D eigenvalue weighted by atomic mass is 16.3. The first-order valence-electron chi connectivity index (χ1n) is 5.19. The molecule has 82 valence electrons. The van der Waals surface area contributed by atoms with E-state index in [4.69, 9.17) is 0 Å². The van der Waals surface area contributed by atoms with Gasteiger partial charge in [-0.2, -0.15) is 0 Å². The lowest BCUT2D eigenvalue weighted by molar-refractivity contribution is 0.441. The SMILES string of the molecule is Cc1c(O)cc(-c2ccccc2)c(C)c1O. The minimum Gasteiger partial charge on any atom is -0.508 e. The van der Waals surface area contributed by atoms with Crippen LogP contribution in [-0.2, 0) is 0 Å². The minimum atomic E-state index is 0.127. The quantitative estimate of drug-likeness (QED) is 0.764. The summed E-state index contributed by atoms with van der Waals surface area (Å²) in [5, 5.41) is 19.6. The van der Waals surface area contributed by atoms with E-state index in [9.17, 15) is 10.2 Å². The molecule has 0 bridgehead atoms. The summed E-state index contributed by atoms with van der Waals surface area (Å²) < 4.78 is 0. The molecule has 0 unspecified atom stereocenters. The van der Waals surface area contributed by atoms with Gasteiger partial charge in [0.05, 0.1) is 0 Å². The molecule has 2 rings (SSSR count). The van der Waals surface area contributed by atoms with Crippen molar-refractivity contribution in [2.75, 3.05) is 0 Å². The van der Waals surface area contributed by atoms with E-state index in [0.29, 0.717) is 5.56 Å². The maximum Gasteiger partial charge on any atom is 0.125 e. The lowest BCUT2D eigenvalue weighted by atomic mass is 9.97. The molecular formula is C14H14O2. The molecule has 2 heteroatoms. The Hall–Kier alpha value is -1.96. The molecule has 0 spiro atoms. The first kappa shape index (κ1) is 10.6. The van der Waals surface area contributed by atoms with Crippen LogP contribution in [-0.4, -0.2) is 10.2 Å². The molecule has 2 aromatic carbocycles. The molecule has 0 saturated heterocycles. The molecule has 0 aromatic heterocycles. The predicted molar refractivity (Wildman–Crippen MR) is 64.7 cm³/mol. The second-order valence-electron chi connectivity index (χ2n) is 3.91. The van der Waals surface area contributed by atoms with Crippen LogP contribution >= 0.6 is 0 Å². The number of rotatable bonds is 1. The molecule has 0 amide bonds. The molecule has 0 fully saturated rings. The molecular weight excluding hydrogens is 200 g/mol. The van der Waals surface area contributed by atoms with E-state index in [0.717, 1.165) is 16.7 Å². The van der Waals surface area contributed by atoms with E-state index in [1.165, 1.54) is 0 Å². The number of hydrogen-bond acceptors (Lipinski definition) is 2. The van der Waals surface area contributed by atoms with Crippen LogP contribution in [0.4, 0.5) is 0 Å². The summed E-state index contributed by atoms with van der Waals surface area (Å²) in [6.07, 6.45) is 0. The molecule has 0 aliphatic heterocycles. The average Bonchev–Trinajstić information content (AvgIpc) is 2.32. The summed E-state index contributed by atoms with van der Waals surface area (Å²) in [4.78, 5) is 0. The van der Waals surface area contributed by atoms with Gasteiger partial charge in [-0.05, 0) is 36.6 Å². The maximum absolute atomic E-state index is 9.87. The Kier molecular flexibility index (Phi) is 2.57. The fraction of sp³-hybridized carbons (Fsp3) is 0.143. The Labute approximate surface area is 94.8 Å². The normalized spacial score (nSPS) is 10.4. The second-order valence-corrected chi connectivity index (χ2v) is 3.91. The van der Waals surface area contributed by atoms with E-state index in [2.05, 4.69) is 0 Å². The van der Waals surface area contributed by atoms with Gasteiger partial charge in [0, 0.05) is 5.56 Å². The summed E-state index contributed by atoms with van der Waals surface area (Å²) in [7, 11) is 0. The van der Waals surface area contributed by atoms with E-state index < -0.39 is 0 Å². The summed E-state index contributed by atoms with van der Waals surface area (Å²) in [6.45, 7) is 3.55. The molecule has 0 aliphatic carbocycles. The van der Waals surface area contributed by atoms with E-state index in [1.54, 1.807) is 13.0 Å². The monoisotopic (exact) mass is 214 g/mol. The van der Waals surface area contributed by atoms with Gasteiger partial charge in [0.1, 0.15) is 11.5 Å². The fourth-order valence-electron chi connectivity index (χ4n) is 1.80. The van der Waals surface area contributed by atoms with Gasteiger partial charge >= 0.3 is 0 Å². The van der Waals surface area contributed by atoms with Gasteiger partial charge in [-0.1, -0.05) is 30.3 Å². The third kappa shape index (κ3) is 1.63. The van der Waals surface area contributed by atoms with Crippen molar-refractivity contribution in [1.82, 2.24) is 0 Å². The van der Waals surface area contributed by atoms with Crippen LogP contribution in [0.3, 0.4) is 0 Å². The van der Waals surface area contributed by atoms with E-state index in [-0.39, 0.29) is 11.5 Å². The Balaban J connectivity index is 2.68. The van der Waals surface area contributed by atoms with Gasteiger partial charge < -0.3 is 10.2 Å². The molecule has 0 radical (unpaired) electrons. The number of phenolic OH excluding ortho intramolecular Hbond substituents is 2. The smallest absolute Gasteiger partial charge is 0.125 e. The number of hydrogen-bond donors (Lipinski definition) is 2. The lowest BCUT2D eigenvalue weighted by Crippen LogP contribution is -1.87. The van der Waals surface area contributed by atoms with Gasteiger partial charge in [0.15, 0.2) is 0 Å². The van der Waals surface area contributed by atoms with Crippen LogP contribution < -0.4 is 0 Å². The Bertz CT molecular complexity index is 516. The molecule has 0 atom stereocenters. The lowest BCUT2D eigenvalue weighted by Gasteiger charge is -2.11. The standard InChI is InChI=1S/C14H14O2/c1-9-12(11-6-4-3-5-7-11)8-13(15)10(2)14(9)16/h3-8,15-16H,1-2H3. The van der Waals surface area contributed by atoms with Crippen molar-refractivity contribution >= 4 is 0 Å². The van der Waals surface area contributed by atoms with Gasteiger partial charge in [0.2, 0.25) is 0 Å². The van der Waals surface area contributed by atoms with Crippen LogP contribution in [0.15, 0.2) is 36.4 Å². The van der Waals surface area contributed by atoms with Crippen LogP contribution in [0.1, 0.15) is 11.1 Å². The fourth-order valence-corrected chi connectivity index (χ4v) is 1.80. The molecule has 2 nitrogen and oxygen atoms in total. The molecule has 0 heterocycles. The van der Waals surface area contributed by atoms with Crippen LogP contribution in [0.25, 0.3) is 11.1 Å². The van der Waals surface area contributed by atoms with Crippen LogP contribution in [0.2, 0.25) is 0 Å². The van der Waals surface area contributed by atoms with Crippen molar-refractivity contribution in [3.05, 3.63) is 47.5 Å². The van der Waals surface area contributed by atoms with Crippen molar-refractivity contribution in [2.45, 2.75) is 13.8 Å². The summed E-state index contributed by atoms with van der Waals surface area (Å²) >= 11 is 0. The minimum absolute atomic E-state index is 0.127. The number of benzene rings is 2. The van der Waals surface area contributed by atoms with E-state index in [1.807, 2.05) is 37.3 Å². The molecule has 0 aliphatic rings. The zero-order valence-corrected chi connectivity index (χ0v) is 9.36. The topological polar surface area (TPSA) is 40.5 Å². The largest absolute Gasteiger partial charge is 0.508 e. The van der Waals surface area contributed by atoms with Gasteiger partial charge in [0.25, 0.3) is 0 Å². The van der Waals surface area contributed by atoms with Crippen molar-refractivity contribution < 1.29 is 10.2 Å². The Morgan fingerprint density at radius 1 is 0.875 bits per heavy atom. The zero-order chi connectivity index (χ0) is 11.7. The third-order valence-electron chi connectivity index (χ3n) is 2.86. The summed E-state index contributed by atoms with van der Waals surface area (Å²) in [6, 6.07) is 11.4. The summed E-state index contributed by atoms with van der Waals surface area (Å²) in [5.74, 6) is 0.292. The molecule has 0 saturated carbocycles. The molecule has 2 aromatic rings. The van der Waals surface area contributed by atoms with Crippen LogP contribution in [0.5, 0.6) is 11.5 Å². The predicted octanol–water partition coefficient (Wildman–Crippen LogP) is 3.38. The highest BCUT2D eigenvalue weighted by Gasteiger charge is 2.11. The van der Waals surface area contributed by atoms with Gasteiger partial charge in [-0.3, -0.25) is 0 Å². The van der Waals surface area contributed by atoms with Gasteiger partial charge in [-0.15, -0.1) is 0 Å². The van der Waals surface area contributed by atoms with Crippen LogP contribution in [0, 0.1) is 13.8 Å². The zero-order valence-electron chi connectivity index (χ0n) is 9.36. The Morgan fingerprint density at radius 3 is 2.12 bits per heavy atom.